The largest absolute Gasteiger partial charge is 0.508 e. The Balaban J connectivity index is 2.00. The summed E-state index contributed by atoms with van der Waals surface area (Å²) < 4.78 is 4.77. The van der Waals surface area contributed by atoms with Crippen molar-refractivity contribution in [3.05, 3.63) is 65.7 Å². The molecule has 2 aromatic rings. The molecule has 25 heavy (non-hydrogen) atoms. The molecule has 0 aliphatic rings. The molecule has 2 rings (SSSR count). The van der Waals surface area contributed by atoms with Crippen LogP contribution in [-0.4, -0.2) is 36.2 Å². The maximum atomic E-state index is 12.3. The zero-order valence-corrected chi connectivity index (χ0v) is 14.0. The number of hydrogen-bond donors (Lipinski definition) is 3. The Kier molecular flexibility index (Phi) is 6.54. The number of methoxy groups -OCH3 is 1. The first-order valence-corrected chi connectivity index (χ1v) is 7.95. The Morgan fingerprint density at radius 2 is 1.64 bits per heavy atom. The number of esters is 1. The SMILES string of the molecule is COC(=O)[C@@H](Cc1ccccc1)NC(=O)[C@H](N)Cc1ccc(O)cc1. The highest BCUT2D eigenvalue weighted by molar-refractivity contribution is 5.87. The van der Waals surface area contributed by atoms with Crippen LogP contribution in [0.3, 0.4) is 0 Å². The van der Waals surface area contributed by atoms with Crippen LogP contribution in [0.15, 0.2) is 54.6 Å². The second-order valence-corrected chi connectivity index (χ2v) is 5.75. The first kappa shape index (κ1) is 18.5. The molecule has 0 spiro atoms. The minimum absolute atomic E-state index is 0.149. The molecule has 0 bridgehead atoms. The van der Waals surface area contributed by atoms with Crippen molar-refractivity contribution >= 4 is 11.9 Å². The minimum Gasteiger partial charge on any atom is -0.508 e. The average Bonchev–Trinajstić information content (AvgIpc) is 2.63. The van der Waals surface area contributed by atoms with E-state index in [4.69, 9.17) is 10.5 Å². The van der Waals surface area contributed by atoms with Gasteiger partial charge in [0.05, 0.1) is 13.2 Å². The third kappa shape index (κ3) is 5.61. The van der Waals surface area contributed by atoms with Gasteiger partial charge in [-0.2, -0.15) is 0 Å². The first-order valence-electron chi connectivity index (χ1n) is 7.95. The number of phenols is 1. The standard InChI is InChI=1S/C19H22N2O4/c1-25-19(24)17(12-13-5-3-2-4-6-13)21-18(23)16(20)11-14-7-9-15(22)10-8-14/h2-10,16-17,22H,11-12,20H2,1H3,(H,21,23)/t16-,17-/m1/s1. The van der Waals surface area contributed by atoms with Crippen molar-refractivity contribution in [3.63, 3.8) is 0 Å². The van der Waals surface area contributed by atoms with E-state index in [0.717, 1.165) is 11.1 Å². The Morgan fingerprint density at radius 3 is 2.24 bits per heavy atom. The molecule has 0 aromatic heterocycles. The lowest BCUT2D eigenvalue weighted by atomic mass is 10.0. The van der Waals surface area contributed by atoms with Crippen LogP contribution in [0.2, 0.25) is 0 Å². The fourth-order valence-electron chi connectivity index (χ4n) is 2.44. The summed E-state index contributed by atoms with van der Waals surface area (Å²) in [4.78, 5) is 24.3. The van der Waals surface area contributed by atoms with Crippen molar-refractivity contribution < 1.29 is 19.4 Å². The summed E-state index contributed by atoms with van der Waals surface area (Å²) in [7, 11) is 1.28. The summed E-state index contributed by atoms with van der Waals surface area (Å²) in [5.74, 6) is -0.802. The molecule has 0 unspecified atom stereocenters. The summed E-state index contributed by atoms with van der Waals surface area (Å²) in [6, 6.07) is 14.2. The van der Waals surface area contributed by atoms with E-state index in [1.165, 1.54) is 19.2 Å². The van der Waals surface area contributed by atoms with Gasteiger partial charge < -0.3 is 20.9 Å². The van der Waals surface area contributed by atoms with Crippen LogP contribution >= 0.6 is 0 Å². The molecule has 0 fully saturated rings. The molecular formula is C19H22N2O4. The Labute approximate surface area is 146 Å². The van der Waals surface area contributed by atoms with Crippen LogP contribution in [0, 0.1) is 0 Å². The van der Waals surface area contributed by atoms with Gasteiger partial charge in [-0.05, 0) is 29.7 Å². The molecule has 0 radical (unpaired) electrons. The highest BCUT2D eigenvalue weighted by Gasteiger charge is 2.24. The maximum Gasteiger partial charge on any atom is 0.328 e. The summed E-state index contributed by atoms with van der Waals surface area (Å²) in [6.45, 7) is 0. The lowest BCUT2D eigenvalue weighted by Crippen LogP contribution is -2.50. The summed E-state index contributed by atoms with van der Waals surface area (Å²) in [5.41, 5.74) is 7.67. The van der Waals surface area contributed by atoms with Crippen molar-refractivity contribution in [2.75, 3.05) is 7.11 Å². The molecule has 2 atom stereocenters. The topological polar surface area (TPSA) is 102 Å². The Hall–Kier alpha value is -2.86. The van der Waals surface area contributed by atoms with Gasteiger partial charge in [0.15, 0.2) is 0 Å². The van der Waals surface area contributed by atoms with Gasteiger partial charge in [-0.15, -0.1) is 0 Å². The van der Waals surface area contributed by atoms with Crippen LogP contribution in [0.5, 0.6) is 5.75 Å². The molecule has 2 aromatic carbocycles. The number of nitrogens with two attached hydrogens (primary N) is 1. The molecule has 4 N–H and O–H groups in total. The van der Waals surface area contributed by atoms with Crippen LogP contribution in [0.1, 0.15) is 11.1 Å². The molecule has 0 heterocycles. The molecule has 0 aliphatic carbocycles. The first-order chi connectivity index (χ1) is 12.0. The Bertz CT molecular complexity index is 701. The highest BCUT2D eigenvalue weighted by atomic mass is 16.5. The molecule has 0 aliphatic heterocycles. The average molecular weight is 342 g/mol. The van der Waals surface area contributed by atoms with Gasteiger partial charge in [0.2, 0.25) is 5.91 Å². The number of benzene rings is 2. The quantitative estimate of drug-likeness (QED) is 0.656. The minimum atomic E-state index is -0.813. The van der Waals surface area contributed by atoms with Crippen molar-refractivity contribution in [1.29, 1.82) is 0 Å². The third-order valence-electron chi connectivity index (χ3n) is 3.81. The van der Waals surface area contributed by atoms with Gasteiger partial charge in [-0.1, -0.05) is 42.5 Å². The second-order valence-electron chi connectivity index (χ2n) is 5.75. The lowest BCUT2D eigenvalue weighted by molar-refractivity contribution is -0.145. The van der Waals surface area contributed by atoms with Gasteiger partial charge in [0, 0.05) is 6.42 Å². The summed E-state index contributed by atoms with van der Waals surface area (Å²) in [6.07, 6.45) is 0.622. The van der Waals surface area contributed by atoms with Gasteiger partial charge in [0.25, 0.3) is 0 Å². The van der Waals surface area contributed by atoms with E-state index in [9.17, 15) is 14.7 Å². The number of hydrogen-bond acceptors (Lipinski definition) is 5. The van der Waals surface area contributed by atoms with Gasteiger partial charge in [-0.25, -0.2) is 4.79 Å². The van der Waals surface area contributed by atoms with Crippen LogP contribution < -0.4 is 11.1 Å². The van der Waals surface area contributed by atoms with Crippen molar-refractivity contribution in [1.82, 2.24) is 5.32 Å². The van der Waals surface area contributed by atoms with Crippen LogP contribution in [0.4, 0.5) is 0 Å². The number of rotatable bonds is 7. The number of phenolic OH excluding ortho intramolecular Hbond substituents is 1. The molecule has 0 saturated heterocycles. The maximum absolute atomic E-state index is 12.3. The molecular weight excluding hydrogens is 320 g/mol. The lowest BCUT2D eigenvalue weighted by Gasteiger charge is -2.19. The number of ether oxygens (including phenoxy) is 1. The number of amides is 1. The number of carbonyl (C=O) groups is 2. The zero-order chi connectivity index (χ0) is 18.2. The van der Waals surface area contributed by atoms with Crippen molar-refractivity contribution in [2.24, 2.45) is 5.73 Å². The van der Waals surface area contributed by atoms with Gasteiger partial charge in [-0.3, -0.25) is 4.79 Å². The van der Waals surface area contributed by atoms with E-state index < -0.39 is 24.0 Å². The predicted molar refractivity (Wildman–Crippen MR) is 93.9 cm³/mol. The number of carbonyl (C=O) groups excluding carboxylic acids is 2. The molecule has 0 saturated carbocycles. The zero-order valence-electron chi connectivity index (χ0n) is 14.0. The van der Waals surface area contributed by atoms with E-state index in [2.05, 4.69) is 5.32 Å². The summed E-state index contributed by atoms with van der Waals surface area (Å²) in [5, 5.41) is 11.9. The van der Waals surface area contributed by atoms with E-state index in [1.807, 2.05) is 30.3 Å². The number of aromatic hydroxyl groups is 1. The highest BCUT2D eigenvalue weighted by Crippen LogP contribution is 2.11. The predicted octanol–water partition coefficient (Wildman–Crippen LogP) is 1.16. The smallest absolute Gasteiger partial charge is 0.328 e. The summed E-state index contributed by atoms with van der Waals surface area (Å²) >= 11 is 0. The van der Waals surface area contributed by atoms with Gasteiger partial charge in [0.1, 0.15) is 11.8 Å². The molecule has 6 nitrogen and oxygen atoms in total. The van der Waals surface area contributed by atoms with E-state index in [0.29, 0.717) is 12.8 Å². The van der Waals surface area contributed by atoms with Crippen molar-refractivity contribution in [3.8, 4) is 5.75 Å². The van der Waals surface area contributed by atoms with Crippen LogP contribution in [0.25, 0.3) is 0 Å². The second kappa shape index (κ2) is 8.84. The number of nitrogens with one attached hydrogen (secondary N) is 1. The fraction of sp³-hybridized carbons (Fsp3) is 0.263. The third-order valence-corrected chi connectivity index (χ3v) is 3.81. The fourth-order valence-corrected chi connectivity index (χ4v) is 2.44. The monoisotopic (exact) mass is 342 g/mol. The van der Waals surface area contributed by atoms with Crippen LogP contribution in [-0.2, 0) is 27.2 Å². The normalized spacial score (nSPS) is 12.9. The molecule has 132 valence electrons. The van der Waals surface area contributed by atoms with Gasteiger partial charge >= 0.3 is 5.97 Å². The molecule has 1 amide bonds. The molecule has 6 heteroatoms. The Morgan fingerprint density at radius 1 is 1.04 bits per heavy atom. The van der Waals surface area contributed by atoms with Crippen molar-refractivity contribution in [2.45, 2.75) is 24.9 Å². The van der Waals surface area contributed by atoms with E-state index in [1.54, 1.807) is 12.1 Å². The van der Waals surface area contributed by atoms with E-state index >= 15 is 0 Å². The van der Waals surface area contributed by atoms with E-state index in [-0.39, 0.29) is 5.75 Å².